The molecule has 0 radical (unpaired) electrons. The van der Waals surface area contributed by atoms with E-state index in [1.54, 1.807) is 0 Å². The normalized spacial score (nSPS) is 16.1. The van der Waals surface area contributed by atoms with Crippen molar-refractivity contribution in [3.05, 3.63) is 29.1 Å². The number of aromatic nitrogens is 1. The van der Waals surface area contributed by atoms with E-state index in [-0.39, 0.29) is 0 Å². The van der Waals surface area contributed by atoms with Crippen LogP contribution in [0.25, 0.3) is 6.08 Å². The number of nitrogens with one attached hydrogen (secondary N) is 1. The van der Waals surface area contributed by atoms with Crippen molar-refractivity contribution >= 4 is 12.0 Å². The van der Waals surface area contributed by atoms with Crippen LogP contribution >= 0.6 is 0 Å². The summed E-state index contributed by atoms with van der Waals surface area (Å²) in [7, 11) is 0. The summed E-state index contributed by atoms with van der Waals surface area (Å²) >= 11 is 0. The van der Waals surface area contributed by atoms with Gasteiger partial charge in [0.15, 0.2) is 0 Å². The molecule has 0 saturated heterocycles. The first-order chi connectivity index (χ1) is 7.18. The van der Waals surface area contributed by atoms with Gasteiger partial charge in [0.05, 0.1) is 0 Å². The van der Waals surface area contributed by atoms with E-state index in [4.69, 9.17) is 10.8 Å². The van der Waals surface area contributed by atoms with E-state index < -0.39 is 12.0 Å². The molecule has 15 heavy (non-hydrogen) atoms. The predicted molar refractivity (Wildman–Crippen MR) is 57.5 cm³/mol. The Hall–Kier alpha value is -1.55. The number of hydrogen-bond acceptors (Lipinski definition) is 2. The fraction of sp³-hybridized carbons (Fsp3) is 0.364. The number of nitrogens with two attached hydrogens (primary N) is 1. The van der Waals surface area contributed by atoms with Crippen molar-refractivity contribution in [2.24, 2.45) is 5.73 Å². The molecule has 1 heterocycles. The number of fused-ring (bicyclic) bond motifs is 1. The van der Waals surface area contributed by atoms with E-state index >= 15 is 0 Å². The summed E-state index contributed by atoms with van der Waals surface area (Å²) < 4.78 is 0. The minimum atomic E-state index is -0.948. The number of carboxylic acid groups (broad SMARTS) is 1. The van der Waals surface area contributed by atoms with Crippen molar-refractivity contribution in [2.75, 3.05) is 0 Å². The second-order valence-corrected chi connectivity index (χ2v) is 3.80. The third kappa shape index (κ3) is 1.94. The van der Waals surface area contributed by atoms with Gasteiger partial charge in [-0.1, -0.05) is 6.08 Å². The molecule has 0 saturated carbocycles. The molecule has 0 unspecified atom stereocenters. The van der Waals surface area contributed by atoms with Crippen LogP contribution in [0.3, 0.4) is 0 Å². The van der Waals surface area contributed by atoms with Gasteiger partial charge in [-0.15, -0.1) is 0 Å². The lowest BCUT2D eigenvalue weighted by Gasteiger charge is -2.10. The van der Waals surface area contributed by atoms with E-state index in [1.165, 1.54) is 5.56 Å². The number of rotatable bonds is 3. The summed E-state index contributed by atoms with van der Waals surface area (Å²) in [4.78, 5) is 13.8. The molecule has 80 valence electrons. The van der Waals surface area contributed by atoms with Crippen molar-refractivity contribution < 1.29 is 9.90 Å². The molecule has 4 N–H and O–H groups in total. The van der Waals surface area contributed by atoms with Crippen LogP contribution in [0.5, 0.6) is 0 Å². The van der Waals surface area contributed by atoms with Gasteiger partial charge in [-0.2, -0.15) is 0 Å². The molecule has 0 fully saturated rings. The van der Waals surface area contributed by atoms with Gasteiger partial charge in [0.1, 0.15) is 6.04 Å². The highest BCUT2D eigenvalue weighted by Gasteiger charge is 2.17. The summed E-state index contributed by atoms with van der Waals surface area (Å²) in [6, 6.07) is -0.809. The molecule has 0 spiro atoms. The van der Waals surface area contributed by atoms with Gasteiger partial charge in [-0.05, 0) is 30.0 Å². The first-order valence-electron chi connectivity index (χ1n) is 5.02. The Morgan fingerprint density at radius 1 is 1.67 bits per heavy atom. The Morgan fingerprint density at radius 3 is 3.20 bits per heavy atom. The van der Waals surface area contributed by atoms with Gasteiger partial charge < -0.3 is 15.8 Å². The molecule has 1 aliphatic rings. The molecule has 0 aliphatic heterocycles. The summed E-state index contributed by atoms with van der Waals surface area (Å²) in [5.41, 5.74) is 8.85. The smallest absolute Gasteiger partial charge is 0.320 e. The van der Waals surface area contributed by atoms with Crippen molar-refractivity contribution in [2.45, 2.75) is 25.3 Å². The summed E-state index contributed by atoms with van der Waals surface area (Å²) in [6.07, 6.45) is 8.39. The van der Waals surface area contributed by atoms with E-state index in [9.17, 15) is 4.79 Å². The number of carbonyl (C=O) groups is 1. The third-order valence-electron chi connectivity index (χ3n) is 2.72. The van der Waals surface area contributed by atoms with Crippen LogP contribution in [-0.4, -0.2) is 22.1 Å². The van der Waals surface area contributed by atoms with Gasteiger partial charge in [0, 0.05) is 18.3 Å². The maximum atomic E-state index is 10.6. The van der Waals surface area contributed by atoms with Crippen LogP contribution in [0.4, 0.5) is 0 Å². The lowest BCUT2D eigenvalue weighted by atomic mass is 9.97. The van der Waals surface area contributed by atoms with Gasteiger partial charge >= 0.3 is 5.97 Å². The monoisotopic (exact) mass is 206 g/mol. The minimum absolute atomic E-state index is 0.398. The summed E-state index contributed by atoms with van der Waals surface area (Å²) in [5, 5.41) is 8.74. The molecule has 1 aromatic rings. The van der Waals surface area contributed by atoms with Crippen LogP contribution in [0, 0.1) is 0 Å². The van der Waals surface area contributed by atoms with Crippen molar-refractivity contribution in [1.29, 1.82) is 0 Å². The van der Waals surface area contributed by atoms with Gasteiger partial charge in [-0.25, -0.2) is 0 Å². The molecule has 1 atom stereocenters. The van der Waals surface area contributed by atoms with Gasteiger partial charge in [-0.3, -0.25) is 4.79 Å². The number of aromatic amines is 1. The van der Waals surface area contributed by atoms with Crippen molar-refractivity contribution in [3.63, 3.8) is 0 Å². The minimum Gasteiger partial charge on any atom is -0.480 e. The van der Waals surface area contributed by atoms with E-state index in [0.717, 1.165) is 24.1 Å². The molecule has 1 aliphatic carbocycles. The molecular formula is C11H14N2O2. The van der Waals surface area contributed by atoms with Crippen molar-refractivity contribution in [3.8, 4) is 0 Å². The molecule has 1 aromatic heterocycles. The molecule has 0 amide bonds. The highest BCUT2D eigenvalue weighted by atomic mass is 16.4. The maximum Gasteiger partial charge on any atom is 0.320 e. The largest absolute Gasteiger partial charge is 0.480 e. The van der Waals surface area contributed by atoms with Crippen LogP contribution in [0.1, 0.15) is 23.2 Å². The Bertz CT molecular complexity index is 407. The number of carboxylic acids is 1. The predicted octanol–water partition coefficient (Wildman–Crippen LogP) is 0.929. The quantitative estimate of drug-likeness (QED) is 0.688. The molecule has 4 heteroatoms. The second-order valence-electron chi connectivity index (χ2n) is 3.80. The lowest BCUT2D eigenvalue weighted by molar-refractivity contribution is -0.138. The molecular weight excluding hydrogens is 192 g/mol. The summed E-state index contributed by atoms with van der Waals surface area (Å²) in [5.74, 6) is -0.948. The highest BCUT2D eigenvalue weighted by molar-refractivity contribution is 5.73. The topological polar surface area (TPSA) is 79.1 Å². The van der Waals surface area contributed by atoms with Gasteiger partial charge in [0.2, 0.25) is 0 Å². The first kappa shape index (κ1) is 9.98. The van der Waals surface area contributed by atoms with Crippen LogP contribution in [0.15, 0.2) is 12.3 Å². The Labute approximate surface area is 87.8 Å². The van der Waals surface area contributed by atoms with E-state index in [0.29, 0.717) is 6.42 Å². The van der Waals surface area contributed by atoms with E-state index in [2.05, 4.69) is 11.1 Å². The Kier molecular flexibility index (Phi) is 2.60. The average molecular weight is 206 g/mol. The number of H-pyrrole nitrogens is 1. The fourth-order valence-corrected chi connectivity index (χ4v) is 1.89. The average Bonchev–Trinajstić information content (AvgIpc) is 2.62. The SMILES string of the molecule is N[C@@H](Cc1c[nH]c2c1CCC=C2)C(=O)O. The van der Waals surface area contributed by atoms with E-state index in [1.807, 2.05) is 12.3 Å². The molecule has 0 aromatic carbocycles. The molecule has 2 rings (SSSR count). The second kappa shape index (κ2) is 3.90. The maximum absolute atomic E-state index is 10.6. The highest BCUT2D eigenvalue weighted by Crippen LogP contribution is 2.22. The third-order valence-corrected chi connectivity index (χ3v) is 2.72. The van der Waals surface area contributed by atoms with Crippen LogP contribution in [0.2, 0.25) is 0 Å². The van der Waals surface area contributed by atoms with Crippen LogP contribution < -0.4 is 5.73 Å². The zero-order valence-corrected chi connectivity index (χ0v) is 8.36. The Balaban J connectivity index is 2.19. The van der Waals surface area contributed by atoms with Gasteiger partial charge in [0.25, 0.3) is 0 Å². The summed E-state index contributed by atoms with van der Waals surface area (Å²) in [6.45, 7) is 0. The fourth-order valence-electron chi connectivity index (χ4n) is 1.89. The number of aliphatic carboxylic acids is 1. The number of hydrogen-bond donors (Lipinski definition) is 3. The van der Waals surface area contributed by atoms with Crippen LogP contribution in [-0.2, 0) is 17.6 Å². The molecule has 4 nitrogen and oxygen atoms in total. The van der Waals surface area contributed by atoms with Crippen molar-refractivity contribution in [1.82, 2.24) is 4.98 Å². The lowest BCUT2D eigenvalue weighted by Crippen LogP contribution is -2.32. The number of allylic oxidation sites excluding steroid dienone is 1. The first-order valence-corrected chi connectivity index (χ1v) is 5.02. The zero-order chi connectivity index (χ0) is 10.8. The standard InChI is InChI=1S/C11H14N2O2/c12-9(11(14)15)5-7-6-13-10-4-2-1-3-8(7)10/h2,4,6,9,13H,1,3,5,12H2,(H,14,15)/t9-/m0/s1. The zero-order valence-electron chi connectivity index (χ0n) is 8.36. The Morgan fingerprint density at radius 2 is 2.47 bits per heavy atom. The molecule has 0 bridgehead atoms.